The maximum Gasteiger partial charge on any atom is 0.161 e. The molecule has 3 rings (SSSR count). The van der Waals surface area contributed by atoms with E-state index < -0.39 is 12.2 Å². The molecule has 0 aliphatic rings. The van der Waals surface area contributed by atoms with Crippen LogP contribution in [-0.2, 0) is 19.3 Å². The second-order valence-electron chi connectivity index (χ2n) is 10.2. The number of aliphatic hydroxyl groups excluding tert-OH is 2. The van der Waals surface area contributed by atoms with Crippen molar-refractivity contribution in [3.8, 4) is 11.5 Å². The van der Waals surface area contributed by atoms with Gasteiger partial charge in [-0.05, 0) is 74.2 Å². The van der Waals surface area contributed by atoms with Crippen molar-refractivity contribution in [2.75, 3.05) is 26.7 Å². The first-order valence-corrected chi connectivity index (χ1v) is 13.7. The van der Waals surface area contributed by atoms with Gasteiger partial charge in [0.1, 0.15) is 24.2 Å². The van der Waals surface area contributed by atoms with Gasteiger partial charge in [-0.25, -0.2) is 0 Å². The number of phenolic OH excluding ortho intramolecular Hbond substituents is 1. The standard InChI is InChI=1S/C30H45N3O5/c1-5-6-7-24-11-12-25(38-24)10-8-22-9-13-28(35)30(14-22)37-19-29(36)26-15-23(17-33-26)21(3)27(18-31-4)32-16-20(2)34/h9,11-15,17,20-21,27,29,31-36H,5-8,10,16,18-19H2,1-4H3/t20-,21-,27-,29-/m0/s1. The Hall–Kier alpha value is -2.78. The van der Waals surface area contributed by atoms with E-state index >= 15 is 0 Å². The van der Waals surface area contributed by atoms with Crippen molar-refractivity contribution in [1.29, 1.82) is 0 Å². The number of H-pyrrole nitrogens is 1. The zero-order chi connectivity index (χ0) is 27.5. The Bertz CT molecular complexity index is 1090. The predicted molar refractivity (Wildman–Crippen MR) is 150 cm³/mol. The Labute approximate surface area is 226 Å². The van der Waals surface area contributed by atoms with E-state index in [4.69, 9.17) is 9.15 Å². The van der Waals surface area contributed by atoms with Crippen LogP contribution in [0.25, 0.3) is 0 Å². The van der Waals surface area contributed by atoms with E-state index in [0.717, 1.165) is 61.3 Å². The molecule has 6 N–H and O–H groups in total. The molecule has 0 aliphatic heterocycles. The summed E-state index contributed by atoms with van der Waals surface area (Å²) in [5, 5.41) is 37.3. The van der Waals surface area contributed by atoms with Gasteiger partial charge in [0.25, 0.3) is 0 Å². The topological polar surface area (TPSA) is 123 Å². The second-order valence-corrected chi connectivity index (χ2v) is 10.2. The van der Waals surface area contributed by atoms with E-state index in [9.17, 15) is 15.3 Å². The molecule has 0 spiro atoms. The number of hydrogen-bond acceptors (Lipinski definition) is 7. The first-order chi connectivity index (χ1) is 18.3. The molecule has 0 saturated carbocycles. The number of nitrogens with one attached hydrogen (secondary N) is 3. The third kappa shape index (κ3) is 8.91. The van der Waals surface area contributed by atoms with Gasteiger partial charge in [-0.3, -0.25) is 0 Å². The van der Waals surface area contributed by atoms with E-state index in [2.05, 4.69) is 35.5 Å². The lowest BCUT2D eigenvalue weighted by atomic mass is 9.94. The van der Waals surface area contributed by atoms with Crippen LogP contribution < -0.4 is 15.4 Å². The maximum absolute atomic E-state index is 10.8. The van der Waals surface area contributed by atoms with Gasteiger partial charge in [-0.1, -0.05) is 26.3 Å². The lowest BCUT2D eigenvalue weighted by Gasteiger charge is -2.25. The molecule has 3 aromatic rings. The normalized spacial score (nSPS) is 14.8. The summed E-state index contributed by atoms with van der Waals surface area (Å²) in [4.78, 5) is 3.16. The van der Waals surface area contributed by atoms with Crippen LogP contribution in [-0.4, -0.2) is 59.2 Å². The Morgan fingerprint density at radius 3 is 2.47 bits per heavy atom. The predicted octanol–water partition coefficient (Wildman–Crippen LogP) is 4.22. The third-order valence-corrected chi connectivity index (χ3v) is 6.89. The fourth-order valence-corrected chi connectivity index (χ4v) is 4.48. The molecule has 0 saturated heterocycles. The highest BCUT2D eigenvalue weighted by atomic mass is 16.5. The van der Waals surface area contributed by atoms with Crippen molar-refractivity contribution in [2.45, 2.75) is 77.0 Å². The highest BCUT2D eigenvalue weighted by Crippen LogP contribution is 2.29. The van der Waals surface area contributed by atoms with E-state index in [-0.39, 0.29) is 24.3 Å². The molecule has 0 unspecified atom stereocenters. The number of benzene rings is 1. The average molecular weight is 528 g/mol. The Morgan fingerprint density at radius 1 is 1.00 bits per heavy atom. The molecular weight excluding hydrogens is 482 g/mol. The number of aromatic hydroxyl groups is 1. The molecule has 1 aromatic carbocycles. The van der Waals surface area contributed by atoms with Crippen molar-refractivity contribution < 1.29 is 24.5 Å². The molecule has 4 atom stereocenters. The summed E-state index contributed by atoms with van der Waals surface area (Å²) >= 11 is 0. The highest BCUT2D eigenvalue weighted by molar-refractivity contribution is 5.42. The van der Waals surface area contributed by atoms with Gasteiger partial charge < -0.3 is 40.1 Å². The molecule has 38 heavy (non-hydrogen) atoms. The molecule has 0 fully saturated rings. The average Bonchev–Trinajstić information content (AvgIpc) is 3.58. The molecule has 0 bridgehead atoms. The summed E-state index contributed by atoms with van der Waals surface area (Å²) in [5.74, 6) is 2.52. The van der Waals surface area contributed by atoms with Crippen LogP contribution in [0.4, 0.5) is 0 Å². The SMILES string of the molecule is CCCCc1ccc(CCc2ccc(O)c(OC[C@H](O)c3cc([C@H](C)[C@H](CNC)NC[C@H](C)O)c[nH]3)c2)o1. The second kappa shape index (κ2) is 15.0. The number of unbranched alkanes of at least 4 members (excludes halogenated alkanes) is 1. The van der Waals surface area contributed by atoms with E-state index in [1.807, 2.05) is 37.5 Å². The molecule has 8 nitrogen and oxygen atoms in total. The quantitative estimate of drug-likeness (QED) is 0.155. The van der Waals surface area contributed by atoms with Gasteiger partial charge in [0, 0.05) is 43.9 Å². The van der Waals surface area contributed by atoms with Crippen LogP contribution in [0.2, 0.25) is 0 Å². The minimum atomic E-state index is -0.878. The number of aliphatic hydroxyl groups is 2. The molecule has 0 amide bonds. The van der Waals surface area contributed by atoms with Crippen LogP contribution in [0, 0.1) is 0 Å². The lowest BCUT2D eigenvalue weighted by molar-refractivity contribution is 0.103. The van der Waals surface area contributed by atoms with E-state index in [1.165, 1.54) is 0 Å². The summed E-state index contributed by atoms with van der Waals surface area (Å²) in [5.41, 5.74) is 2.73. The van der Waals surface area contributed by atoms with Gasteiger partial charge >= 0.3 is 0 Å². The number of furan rings is 1. The van der Waals surface area contributed by atoms with Gasteiger partial charge in [0.2, 0.25) is 0 Å². The molecule has 8 heteroatoms. The number of aryl methyl sites for hydroxylation is 3. The van der Waals surface area contributed by atoms with E-state index in [0.29, 0.717) is 18.0 Å². The van der Waals surface area contributed by atoms with Crippen LogP contribution >= 0.6 is 0 Å². The number of ether oxygens (including phenoxy) is 1. The zero-order valence-electron chi connectivity index (χ0n) is 23.2. The molecule has 0 aliphatic carbocycles. The van der Waals surface area contributed by atoms with Crippen molar-refractivity contribution in [3.63, 3.8) is 0 Å². The third-order valence-electron chi connectivity index (χ3n) is 6.89. The number of phenols is 1. The summed E-state index contributed by atoms with van der Waals surface area (Å²) in [6, 6.07) is 11.5. The lowest BCUT2D eigenvalue weighted by Crippen LogP contribution is -2.43. The van der Waals surface area contributed by atoms with Crippen LogP contribution in [0.3, 0.4) is 0 Å². The summed E-state index contributed by atoms with van der Waals surface area (Å²) in [6.45, 7) is 7.31. The van der Waals surface area contributed by atoms with Crippen molar-refractivity contribution in [3.05, 3.63) is 70.9 Å². The number of hydrogen-bond donors (Lipinski definition) is 6. The van der Waals surface area contributed by atoms with Crippen LogP contribution in [0.15, 0.2) is 47.0 Å². The van der Waals surface area contributed by atoms with Crippen LogP contribution in [0.5, 0.6) is 11.5 Å². The van der Waals surface area contributed by atoms with Gasteiger partial charge in [0.05, 0.1) is 6.10 Å². The largest absolute Gasteiger partial charge is 0.504 e. The highest BCUT2D eigenvalue weighted by Gasteiger charge is 2.21. The van der Waals surface area contributed by atoms with Gasteiger partial charge in [-0.2, -0.15) is 0 Å². The molecule has 2 aromatic heterocycles. The van der Waals surface area contributed by atoms with E-state index in [1.54, 1.807) is 13.0 Å². The fraction of sp³-hybridized carbons (Fsp3) is 0.533. The number of rotatable bonds is 17. The summed E-state index contributed by atoms with van der Waals surface area (Å²) in [7, 11) is 1.90. The minimum Gasteiger partial charge on any atom is -0.504 e. The molecule has 0 radical (unpaired) electrons. The summed E-state index contributed by atoms with van der Waals surface area (Å²) < 4.78 is 11.7. The maximum atomic E-state index is 10.8. The monoisotopic (exact) mass is 527 g/mol. The number of aromatic amines is 1. The van der Waals surface area contributed by atoms with Crippen molar-refractivity contribution in [2.24, 2.45) is 0 Å². The Morgan fingerprint density at radius 2 is 1.76 bits per heavy atom. The Kier molecular flexibility index (Phi) is 11.7. The van der Waals surface area contributed by atoms with Crippen LogP contribution in [0.1, 0.15) is 74.0 Å². The molecule has 2 heterocycles. The first kappa shape index (κ1) is 29.8. The summed E-state index contributed by atoms with van der Waals surface area (Å²) in [6.07, 6.45) is 5.35. The zero-order valence-corrected chi connectivity index (χ0v) is 23.2. The van der Waals surface area contributed by atoms with Gasteiger partial charge in [0.15, 0.2) is 11.5 Å². The molecular formula is C30H45N3O5. The molecule has 210 valence electrons. The van der Waals surface area contributed by atoms with Crippen molar-refractivity contribution >= 4 is 0 Å². The first-order valence-electron chi connectivity index (χ1n) is 13.7. The fourth-order valence-electron chi connectivity index (χ4n) is 4.48. The number of likely N-dealkylation sites (N-methyl/N-ethyl adjacent to an activating group) is 1. The smallest absolute Gasteiger partial charge is 0.161 e. The number of aromatic nitrogens is 1. The van der Waals surface area contributed by atoms with Crippen molar-refractivity contribution in [1.82, 2.24) is 15.6 Å². The minimum absolute atomic E-state index is 0.00451. The van der Waals surface area contributed by atoms with Gasteiger partial charge in [-0.15, -0.1) is 0 Å². The Balaban J connectivity index is 1.55.